The zero-order chi connectivity index (χ0) is 9.10. The van der Waals surface area contributed by atoms with Crippen molar-refractivity contribution >= 4 is 5.91 Å². The molecule has 5 heteroatoms. The Bertz CT molecular complexity index is 185. The molecule has 2 aliphatic heterocycles. The molecule has 2 saturated heterocycles. The van der Waals surface area contributed by atoms with Crippen molar-refractivity contribution in [1.29, 1.82) is 0 Å². The zero-order valence-corrected chi connectivity index (χ0v) is 7.40. The number of carbonyl (C=O) groups is 1. The van der Waals surface area contributed by atoms with Gasteiger partial charge < -0.3 is 9.47 Å². The van der Waals surface area contributed by atoms with Crippen LogP contribution in [0.5, 0.6) is 0 Å². The van der Waals surface area contributed by atoms with E-state index in [0.717, 1.165) is 6.42 Å². The second-order valence-corrected chi connectivity index (χ2v) is 3.06. The van der Waals surface area contributed by atoms with Crippen LogP contribution in [-0.4, -0.2) is 50.0 Å². The maximum Gasteiger partial charge on any atom is 0.277 e. The van der Waals surface area contributed by atoms with E-state index in [2.05, 4.69) is 0 Å². The Morgan fingerprint density at radius 2 is 2.23 bits per heavy atom. The molecular formula is C8H13NO4. The van der Waals surface area contributed by atoms with Crippen molar-refractivity contribution in [3.05, 3.63) is 0 Å². The molecule has 2 heterocycles. The smallest absolute Gasteiger partial charge is 0.277 e. The fourth-order valence-electron chi connectivity index (χ4n) is 1.41. The lowest BCUT2D eigenvalue weighted by Gasteiger charge is -2.25. The van der Waals surface area contributed by atoms with Gasteiger partial charge in [-0.05, 0) is 6.42 Å². The SMILES string of the molecule is O=C(C1COCCO1)N1CCCO1. The summed E-state index contributed by atoms with van der Waals surface area (Å²) in [7, 11) is 0. The predicted octanol–water partition coefficient (Wildman–Crippen LogP) is -0.434. The largest absolute Gasteiger partial charge is 0.376 e. The highest BCUT2D eigenvalue weighted by Gasteiger charge is 2.30. The lowest BCUT2D eigenvalue weighted by molar-refractivity contribution is -0.191. The summed E-state index contributed by atoms with van der Waals surface area (Å²) in [6.45, 7) is 2.70. The minimum atomic E-state index is -0.466. The first kappa shape index (κ1) is 8.93. The van der Waals surface area contributed by atoms with E-state index in [-0.39, 0.29) is 5.91 Å². The summed E-state index contributed by atoms with van der Waals surface area (Å²) in [5.41, 5.74) is 0. The topological polar surface area (TPSA) is 48.0 Å². The molecule has 0 aromatic heterocycles. The number of amides is 1. The predicted molar refractivity (Wildman–Crippen MR) is 42.8 cm³/mol. The van der Waals surface area contributed by atoms with Crippen molar-refractivity contribution in [2.45, 2.75) is 12.5 Å². The van der Waals surface area contributed by atoms with Gasteiger partial charge in [0.05, 0.1) is 33.0 Å². The Morgan fingerprint density at radius 1 is 1.31 bits per heavy atom. The quantitative estimate of drug-likeness (QED) is 0.558. The van der Waals surface area contributed by atoms with Crippen LogP contribution in [0.1, 0.15) is 6.42 Å². The van der Waals surface area contributed by atoms with E-state index in [1.807, 2.05) is 0 Å². The fourth-order valence-corrected chi connectivity index (χ4v) is 1.41. The highest BCUT2D eigenvalue weighted by molar-refractivity contribution is 5.80. The van der Waals surface area contributed by atoms with Crippen molar-refractivity contribution < 1.29 is 19.1 Å². The minimum Gasteiger partial charge on any atom is -0.376 e. The van der Waals surface area contributed by atoms with Gasteiger partial charge in [-0.1, -0.05) is 0 Å². The zero-order valence-electron chi connectivity index (χ0n) is 7.40. The molecule has 1 unspecified atom stereocenters. The van der Waals surface area contributed by atoms with Crippen molar-refractivity contribution in [3.63, 3.8) is 0 Å². The van der Waals surface area contributed by atoms with Gasteiger partial charge >= 0.3 is 0 Å². The van der Waals surface area contributed by atoms with Crippen LogP contribution < -0.4 is 0 Å². The summed E-state index contributed by atoms with van der Waals surface area (Å²) in [5, 5.41) is 1.37. The van der Waals surface area contributed by atoms with E-state index in [1.54, 1.807) is 0 Å². The number of rotatable bonds is 1. The molecule has 0 aromatic carbocycles. The third-order valence-electron chi connectivity index (χ3n) is 2.09. The highest BCUT2D eigenvalue weighted by atomic mass is 16.7. The Hall–Kier alpha value is -0.650. The number of hydrogen-bond donors (Lipinski definition) is 0. The Balaban J connectivity index is 1.87. The van der Waals surface area contributed by atoms with E-state index in [1.165, 1.54) is 5.06 Å². The van der Waals surface area contributed by atoms with E-state index < -0.39 is 6.10 Å². The van der Waals surface area contributed by atoms with Gasteiger partial charge in [-0.2, -0.15) is 0 Å². The van der Waals surface area contributed by atoms with E-state index in [0.29, 0.717) is 33.0 Å². The Kier molecular flexibility index (Phi) is 2.77. The van der Waals surface area contributed by atoms with Crippen LogP contribution in [0.15, 0.2) is 0 Å². The molecule has 0 N–H and O–H groups in total. The molecule has 74 valence electrons. The standard InChI is InChI=1S/C8H13NO4/c10-8(9-2-1-3-13-9)7-6-11-4-5-12-7/h7H,1-6H2. The molecule has 13 heavy (non-hydrogen) atoms. The molecule has 0 radical (unpaired) electrons. The molecule has 0 bridgehead atoms. The van der Waals surface area contributed by atoms with Crippen LogP contribution in [0, 0.1) is 0 Å². The summed E-state index contributed by atoms with van der Waals surface area (Å²) in [6.07, 6.45) is 0.436. The molecule has 2 rings (SSSR count). The van der Waals surface area contributed by atoms with E-state index in [4.69, 9.17) is 14.3 Å². The minimum absolute atomic E-state index is 0.114. The van der Waals surface area contributed by atoms with Crippen LogP contribution in [0.2, 0.25) is 0 Å². The Labute approximate surface area is 76.5 Å². The number of hydrogen-bond acceptors (Lipinski definition) is 4. The lowest BCUT2D eigenvalue weighted by Crippen LogP contribution is -2.43. The van der Waals surface area contributed by atoms with E-state index >= 15 is 0 Å². The summed E-state index contributed by atoms with van der Waals surface area (Å²) >= 11 is 0. The van der Waals surface area contributed by atoms with Crippen LogP contribution in [0.25, 0.3) is 0 Å². The normalized spacial score (nSPS) is 29.2. The van der Waals surface area contributed by atoms with Gasteiger partial charge in [0.1, 0.15) is 0 Å². The second kappa shape index (κ2) is 4.04. The molecule has 2 fully saturated rings. The molecule has 0 spiro atoms. The number of carbonyl (C=O) groups excluding carboxylic acids is 1. The first-order valence-corrected chi connectivity index (χ1v) is 4.51. The van der Waals surface area contributed by atoms with Gasteiger partial charge in [0.15, 0.2) is 6.10 Å². The molecule has 1 amide bonds. The van der Waals surface area contributed by atoms with Gasteiger partial charge in [-0.25, -0.2) is 5.06 Å². The number of ether oxygens (including phenoxy) is 2. The van der Waals surface area contributed by atoms with Crippen molar-refractivity contribution in [2.24, 2.45) is 0 Å². The molecule has 5 nitrogen and oxygen atoms in total. The van der Waals surface area contributed by atoms with Gasteiger partial charge in [-0.3, -0.25) is 9.63 Å². The molecular weight excluding hydrogens is 174 g/mol. The van der Waals surface area contributed by atoms with Crippen molar-refractivity contribution in [3.8, 4) is 0 Å². The van der Waals surface area contributed by atoms with Gasteiger partial charge in [0, 0.05) is 0 Å². The maximum atomic E-state index is 11.6. The summed E-state index contributed by atoms with van der Waals surface area (Å²) in [4.78, 5) is 16.7. The average Bonchev–Trinajstić information content (AvgIpc) is 2.71. The van der Waals surface area contributed by atoms with Crippen molar-refractivity contribution in [1.82, 2.24) is 5.06 Å². The van der Waals surface area contributed by atoms with Gasteiger partial charge in [0.2, 0.25) is 0 Å². The molecule has 2 aliphatic rings. The highest BCUT2D eigenvalue weighted by Crippen LogP contribution is 2.10. The van der Waals surface area contributed by atoms with E-state index in [9.17, 15) is 4.79 Å². The lowest BCUT2D eigenvalue weighted by atomic mass is 10.3. The Morgan fingerprint density at radius 3 is 2.85 bits per heavy atom. The fraction of sp³-hybridized carbons (Fsp3) is 0.875. The first-order valence-electron chi connectivity index (χ1n) is 4.51. The molecule has 0 saturated carbocycles. The number of hydroxylamine groups is 2. The maximum absolute atomic E-state index is 11.6. The monoisotopic (exact) mass is 187 g/mol. The average molecular weight is 187 g/mol. The summed E-state index contributed by atoms with van der Waals surface area (Å²) in [6, 6.07) is 0. The van der Waals surface area contributed by atoms with Crippen molar-refractivity contribution in [2.75, 3.05) is 33.0 Å². The number of nitrogens with zero attached hydrogens (tertiary/aromatic N) is 1. The third kappa shape index (κ3) is 1.99. The van der Waals surface area contributed by atoms with Crippen LogP contribution in [0.3, 0.4) is 0 Å². The first-order chi connectivity index (χ1) is 6.38. The third-order valence-corrected chi connectivity index (χ3v) is 2.09. The van der Waals surface area contributed by atoms with Gasteiger partial charge in [-0.15, -0.1) is 0 Å². The molecule has 1 atom stereocenters. The summed E-state index contributed by atoms with van der Waals surface area (Å²) in [5.74, 6) is -0.114. The van der Waals surface area contributed by atoms with Crippen LogP contribution in [0.4, 0.5) is 0 Å². The molecule has 0 aromatic rings. The van der Waals surface area contributed by atoms with Crippen LogP contribution in [-0.2, 0) is 19.1 Å². The second-order valence-electron chi connectivity index (χ2n) is 3.06. The summed E-state index contributed by atoms with van der Waals surface area (Å²) < 4.78 is 10.4. The van der Waals surface area contributed by atoms with Crippen LogP contribution >= 0.6 is 0 Å². The van der Waals surface area contributed by atoms with Gasteiger partial charge in [0.25, 0.3) is 5.91 Å². The molecule has 0 aliphatic carbocycles.